The van der Waals surface area contributed by atoms with Gasteiger partial charge in [0.25, 0.3) is 0 Å². The summed E-state index contributed by atoms with van der Waals surface area (Å²) < 4.78 is 4.66. The fourth-order valence-electron chi connectivity index (χ4n) is 4.99. The zero-order valence-corrected chi connectivity index (χ0v) is 11.6. The van der Waals surface area contributed by atoms with Crippen molar-refractivity contribution in [2.24, 2.45) is 23.7 Å². The van der Waals surface area contributed by atoms with E-state index in [2.05, 4.69) is 10.1 Å². The van der Waals surface area contributed by atoms with Crippen LogP contribution in [-0.2, 0) is 14.3 Å². The van der Waals surface area contributed by atoms with E-state index >= 15 is 0 Å². The number of carbonyl (C=O) groups excluding carboxylic acids is 2. The van der Waals surface area contributed by atoms with Crippen molar-refractivity contribution in [3.05, 3.63) is 0 Å². The van der Waals surface area contributed by atoms with Crippen molar-refractivity contribution in [1.29, 1.82) is 0 Å². The molecular weight excluding hydrogens is 242 g/mol. The van der Waals surface area contributed by atoms with Crippen LogP contribution < -0.4 is 5.32 Å². The van der Waals surface area contributed by atoms with Gasteiger partial charge in [-0.2, -0.15) is 0 Å². The van der Waals surface area contributed by atoms with Gasteiger partial charge >= 0.3 is 5.97 Å². The lowest BCUT2D eigenvalue weighted by Crippen LogP contribution is -2.59. The van der Waals surface area contributed by atoms with Crippen LogP contribution in [0.2, 0.25) is 0 Å². The number of esters is 1. The molecule has 4 fully saturated rings. The predicted molar refractivity (Wildman–Crippen MR) is 70.5 cm³/mol. The van der Waals surface area contributed by atoms with Crippen molar-refractivity contribution in [2.45, 2.75) is 44.1 Å². The first-order valence-electron chi connectivity index (χ1n) is 7.42. The third-order valence-corrected chi connectivity index (χ3v) is 5.40. The molecular formula is C15H23NO3. The highest BCUT2D eigenvalue weighted by atomic mass is 16.5. The molecule has 0 aliphatic heterocycles. The summed E-state index contributed by atoms with van der Waals surface area (Å²) >= 11 is 0. The Bertz CT molecular complexity index is 344. The summed E-state index contributed by atoms with van der Waals surface area (Å²) in [6.07, 6.45) is 8.59. The average molecular weight is 265 g/mol. The first kappa shape index (κ1) is 13.1. The molecule has 4 bridgehead atoms. The van der Waals surface area contributed by atoms with Gasteiger partial charge in [-0.25, -0.2) is 0 Å². The summed E-state index contributed by atoms with van der Waals surface area (Å²) in [6.45, 7) is 0.433. The van der Waals surface area contributed by atoms with Crippen LogP contribution in [0.1, 0.15) is 38.5 Å². The van der Waals surface area contributed by atoms with E-state index in [1.165, 1.54) is 45.6 Å². The van der Waals surface area contributed by atoms with Crippen molar-refractivity contribution in [1.82, 2.24) is 5.32 Å². The van der Waals surface area contributed by atoms with Gasteiger partial charge in [-0.15, -0.1) is 0 Å². The number of carbonyl (C=O) groups is 2. The molecule has 0 aromatic heterocycles. The van der Waals surface area contributed by atoms with Gasteiger partial charge < -0.3 is 14.8 Å². The smallest absolute Gasteiger partial charge is 0.317 e. The number of nitrogens with one attached hydrogen (secondary N) is 1. The second kappa shape index (κ2) is 4.89. The lowest BCUT2D eigenvalue weighted by molar-refractivity contribution is -0.147. The highest BCUT2D eigenvalue weighted by Crippen LogP contribution is 2.55. The maximum atomic E-state index is 11.5. The summed E-state index contributed by atoms with van der Waals surface area (Å²) in [5.41, 5.74) is 0.198. The molecule has 0 aromatic rings. The molecule has 0 heterocycles. The Morgan fingerprint density at radius 2 is 1.79 bits per heavy atom. The third-order valence-electron chi connectivity index (χ3n) is 5.40. The van der Waals surface area contributed by atoms with Gasteiger partial charge in [0, 0.05) is 12.1 Å². The molecule has 4 rings (SSSR count). The molecule has 1 atom stereocenters. The van der Waals surface area contributed by atoms with Gasteiger partial charge in [0.1, 0.15) is 12.2 Å². The number of hydrogen-bond acceptors (Lipinski definition) is 4. The molecule has 4 saturated carbocycles. The van der Waals surface area contributed by atoms with Crippen LogP contribution in [0.15, 0.2) is 0 Å². The summed E-state index contributed by atoms with van der Waals surface area (Å²) in [5, 5.41) is 3.56. The summed E-state index contributed by atoms with van der Waals surface area (Å²) in [7, 11) is 1.34. The van der Waals surface area contributed by atoms with Crippen molar-refractivity contribution < 1.29 is 14.3 Å². The van der Waals surface area contributed by atoms with E-state index in [4.69, 9.17) is 0 Å². The first-order chi connectivity index (χ1) is 9.14. The lowest BCUT2D eigenvalue weighted by Gasteiger charge is -2.57. The molecule has 4 aliphatic carbocycles. The maximum absolute atomic E-state index is 11.5. The van der Waals surface area contributed by atoms with E-state index < -0.39 is 11.9 Å². The normalized spacial score (nSPS) is 41.0. The maximum Gasteiger partial charge on any atom is 0.317 e. The molecule has 4 aliphatic rings. The Labute approximate surface area is 114 Å². The number of aldehydes is 1. The fraction of sp³-hybridized carbons (Fsp3) is 0.867. The predicted octanol–water partition coefficient (Wildman–Crippen LogP) is 1.53. The number of ether oxygens (including phenoxy) is 1. The number of hydrogen-bond donors (Lipinski definition) is 1. The summed E-state index contributed by atoms with van der Waals surface area (Å²) in [5.74, 6) is 1.52. The van der Waals surface area contributed by atoms with Gasteiger partial charge in [0.2, 0.25) is 0 Å². The second-order valence-electron chi connectivity index (χ2n) is 6.84. The van der Waals surface area contributed by atoms with Crippen LogP contribution >= 0.6 is 0 Å². The number of methoxy groups -OCH3 is 1. The minimum atomic E-state index is -0.655. The minimum absolute atomic E-state index is 0.198. The molecule has 4 nitrogen and oxygen atoms in total. The highest BCUT2D eigenvalue weighted by molar-refractivity contribution is 5.87. The van der Waals surface area contributed by atoms with Crippen LogP contribution in [0.5, 0.6) is 0 Å². The van der Waals surface area contributed by atoms with E-state index in [1.54, 1.807) is 0 Å². The van der Waals surface area contributed by atoms with Gasteiger partial charge in [-0.05, 0) is 56.3 Å². The molecule has 19 heavy (non-hydrogen) atoms. The topological polar surface area (TPSA) is 55.4 Å². The third kappa shape index (κ3) is 2.42. The first-order valence-corrected chi connectivity index (χ1v) is 7.42. The Hall–Kier alpha value is -0.900. The largest absolute Gasteiger partial charge is 0.468 e. The molecule has 0 saturated heterocycles. The Balaban J connectivity index is 1.63. The molecule has 0 spiro atoms. The van der Waals surface area contributed by atoms with E-state index in [0.29, 0.717) is 12.8 Å². The molecule has 0 aromatic carbocycles. The molecule has 0 amide bonds. The van der Waals surface area contributed by atoms with Crippen molar-refractivity contribution in [3.8, 4) is 0 Å². The zero-order valence-electron chi connectivity index (χ0n) is 11.6. The van der Waals surface area contributed by atoms with Crippen molar-refractivity contribution in [3.63, 3.8) is 0 Å². The van der Waals surface area contributed by atoms with Crippen LogP contribution in [0, 0.1) is 23.7 Å². The summed E-state index contributed by atoms with van der Waals surface area (Å²) in [4.78, 5) is 22.4. The zero-order chi connectivity index (χ0) is 13.5. The SMILES string of the molecule is COC(=O)C(C=O)CNC12CC3CC(CC(C3)C1)C2. The van der Waals surface area contributed by atoms with Gasteiger partial charge in [0.15, 0.2) is 0 Å². The van der Waals surface area contributed by atoms with Gasteiger partial charge in [-0.3, -0.25) is 4.79 Å². The average Bonchev–Trinajstić information content (AvgIpc) is 2.37. The lowest BCUT2D eigenvalue weighted by atomic mass is 9.53. The van der Waals surface area contributed by atoms with Gasteiger partial charge in [-0.1, -0.05) is 0 Å². The minimum Gasteiger partial charge on any atom is -0.468 e. The van der Waals surface area contributed by atoms with E-state index in [-0.39, 0.29) is 5.54 Å². The molecule has 0 radical (unpaired) electrons. The van der Waals surface area contributed by atoms with Crippen molar-refractivity contribution in [2.75, 3.05) is 13.7 Å². The van der Waals surface area contributed by atoms with E-state index in [1.807, 2.05) is 0 Å². The molecule has 1 unspecified atom stereocenters. The molecule has 4 heteroatoms. The summed E-state index contributed by atoms with van der Waals surface area (Å²) in [6, 6.07) is 0. The fourth-order valence-corrected chi connectivity index (χ4v) is 4.99. The molecule has 1 N–H and O–H groups in total. The standard InChI is InChI=1S/C15H23NO3/c1-19-14(18)13(9-17)8-16-15-5-10-2-11(6-15)4-12(3-10)7-15/h9-13,16H,2-8H2,1H3. The van der Waals surface area contributed by atoms with Gasteiger partial charge in [0.05, 0.1) is 7.11 Å². The quantitative estimate of drug-likeness (QED) is 0.465. The van der Waals surface area contributed by atoms with Crippen LogP contribution in [0.4, 0.5) is 0 Å². The Morgan fingerprint density at radius 3 is 2.21 bits per heavy atom. The number of rotatable bonds is 5. The monoisotopic (exact) mass is 265 g/mol. The van der Waals surface area contributed by atoms with Crippen LogP contribution in [0.3, 0.4) is 0 Å². The van der Waals surface area contributed by atoms with Crippen molar-refractivity contribution >= 4 is 12.3 Å². The molecule has 106 valence electrons. The van der Waals surface area contributed by atoms with E-state index in [0.717, 1.165) is 17.8 Å². The van der Waals surface area contributed by atoms with E-state index in [9.17, 15) is 9.59 Å². The van der Waals surface area contributed by atoms with Crippen LogP contribution in [0.25, 0.3) is 0 Å². The highest BCUT2D eigenvalue weighted by Gasteiger charge is 2.50. The second-order valence-corrected chi connectivity index (χ2v) is 6.84. The van der Waals surface area contributed by atoms with Crippen LogP contribution in [-0.4, -0.2) is 31.4 Å². The Kier molecular flexibility index (Phi) is 3.37. The Morgan fingerprint density at radius 1 is 1.26 bits per heavy atom.